The summed E-state index contributed by atoms with van der Waals surface area (Å²) in [5.41, 5.74) is 0.898. The molecule has 1 unspecified atom stereocenters. The third-order valence-corrected chi connectivity index (χ3v) is 2.37. The van der Waals surface area contributed by atoms with E-state index in [2.05, 4.69) is 18.8 Å². The van der Waals surface area contributed by atoms with E-state index in [1.807, 2.05) is 25.1 Å². The molecule has 0 spiro atoms. The Hall–Kier alpha value is -1.18. The fourth-order valence-corrected chi connectivity index (χ4v) is 1.66. The highest BCUT2D eigenvalue weighted by molar-refractivity contribution is 5.85. The Bertz CT molecular complexity index is 292. The molecule has 0 saturated heterocycles. The van der Waals surface area contributed by atoms with Crippen LogP contribution in [0.5, 0.6) is 0 Å². The summed E-state index contributed by atoms with van der Waals surface area (Å²) in [5, 5.41) is 0. The molecule has 0 N–H and O–H groups in total. The van der Waals surface area contributed by atoms with Crippen molar-refractivity contribution in [2.75, 3.05) is 0 Å². The van der Waals surface area contributed by atoms with Crippen molar-refractivity contribution in [2.45, 2.75) is 33.1 Å². The average Bonchev–Trinajstić information content (AvgIpc) is 2.19. The number of aromatic nitrogens is 1. The fraction of sp³-hybridized carbons (Fsp3) is 0.500. The van der Waals surface area contributed by atoms with E-state index < -0.39 is 0 Å². The Morgan fingerprint density at radius 2 is 2.14 bits per heavy atom. The SMILES string of the molecule is CCC(=O)C(c1ccccn1)C(C)C. The number of ketones is 1. The maximum absolute atomic E-state index is 11.7. The van der Waals surface area contributed by atoms with Gasteiger partial charge in [0.2, 0.25) is 0 Å². The highest BCUT2D eigenvalue weighted by atomic mass is 16.1. The molecule has 76 valence electrons. The van der Waals surface area contributed by atoms with Gasteiger partial charge in [0.15, 0.2) is 0 Å². The first kappa shape index (κ1) is 10.9. The van der Waals surface area contributed by atoms with Crippen LogP contribution in [-0.2, 0) is 4.79 Å². The molecule has 1 atom stereocenters. The lowest BCUT2D eigenvalue weighted by Crippen LogP contribution is -2.18. The molecule has 1 heterocycles. The van der Waals surface area contributed by atoms with Gasteiger partial charge >= 0.3 is 0 Å². The summed E-state index contributed by atoms with van der Waals surface area (Å²) in [6.07, 6.45) is 2.33. The summed E-state index contributed by atoms with van der Waals surface area (Å²) in [6.45, 7) is 6.03. The van der Waals surface area contributed by atoms with Gasteiger partial charge in [-0.1, -0.05) is 26.8 Å². The Labute approximate surface area is 85.4 Å². The molecule has 0 aliphatic heterocycles. The third kappa shape index (κ3) is 2.41. The van der Waals surface area contributed by atoms with Crippen molar-refractivity contribution in [3.63, 3.8) is 0 Å². The maximum atomic E-state index is 11.7. The van der Waals surface area contributed by atoms with Gasteiger partial charge in [0.05, 0.1) is 11.6 Å². The third-order valence-electron chi connectivity index (χ3n) is 2.37. The van der Waals surface area contributed by atoms with Crippen LogP contribution in [-0.4, -0.2) is 10.8 Å². The minimum atomic E-state index is -0.0406. The molecule has 14 heavy (non-hydrogen) atoms. The first-order valence-electron chi connectivity index (χ1n) is 5.10. The van der Waals surface area contributed by atoms with E-state index in [1.54, 1.807) is 6.20 Å². The lowest BCUT2D eigenvalue weighted by atomic mass is 9.87. The van der Waals surface area contributed by atoms with Gasteiger partial charge in [0, 0.05) is 12.6 Å². The van der Waals surface area contributed by atoms with E-state index in [0.29, 0.717) is 12.3 Å². The molecule has 1 aromatic rings. The lowest BCUT2D eigenvalue weighted by molar-refractivity contribution is -0.121. The minimum absolute atomic E-state index is 0.0406. The van der Waals surface area contributed by atoms with Gasteiger partial charge in [0.25, 0.3) is 0 Å². The van der Waals surface area contributed by atoms with Crippen LogP contribution >= 0.6 is 0 Å². The molecular formula is C12H17NO. The monoisotopic (exact) mass is 191 g/mol. The predicted octanol–water partition coefficient (Wildman–Crippen LogP) is 2.80. The second-order valence-corrected chi connectivity index (χ2v) is 3.80. The molecule has 1 rings (SSSR count). The second kappa shape index (κ2) is 4.89. The van der Waals surface area contributed by atoms with Gasteiger partial charge < -0.3 is 0 Å². The minimum Gasteiger partial charge on any atom is -0.299 e. The molecule has 0 amide bonds. The Morgan fingerprint density at radius 1 is 1.43 bits per heavy atom. The number of pyridine rings is 1. The number of hydrogen-bond donors (Lipinski definition) is 0. The summed E-state index contributed by atoms with van der Waals surface area (Å²) in [7, 11) is 0. The quantitative estimate of drug-likeness (QED) is 0.732. The zero-order valence-corrected chi connectivity index (χ0v) is 9.03. The molecule has 2 heteroatoms. The van der Waals surface area contributed by atoms with E-state index in [9.17, 15) is 4.79 Å². The van der Waals surface area contributed by atoms with E-state index in [4.69, 9.17) is 0 Å². The van der Waals surface area contributed by atoms with Crippen molar-refractivity contribution < 1.29 is 4.79 Å². The number of rotatable bonds is 4. The van der Waals surface area contributed by atoms with Crippen LogP contribution in [0.3, 0.4) is 0 Å². The van der Waals surface area contributed by atoms with Gasteiger partial charge in [-0.05, 0) is 18.1 Å². The van der Waals surface area contributed by atoms with Gasteiger partial charge in [-0.3, -0.25) is 9.78 Å². The van der Waals surface area contributed by atoms with Gasteiger partial charge in [-0.2, -0.15) is 0 Å². The van der Waals surface area contributed by atoms with Crippen molar-refractivity contribution in [1.29, 1.82) is 0 Å². The molecular weight excluding hydrogens is 174 g/mol. The summed E-state index contributed by atoms with van der Waals surface area (Å²) < 4.78 is 0. The Balaban J connectivity index is 2.95. The van der Waals surface area contributed by atoms with Crippen LogP contribution in [0.2, 0.25) is 0 Å². The normalized spacial score (nSPS) is 12.9. The van der Waals surface area contributed by atoms with Crippen LogP contribution in [0.25, 0.3) is 0 Å². The molecule has 2 nitrogen and oxygen atoms in total. The maximum Gasteiger partial charge on any atom is 0.141 e. The van der Waals surface area contributed by atoms with E-state index in [-0.39, 0.29) is 11.7 Å². The molecule has 0 aliphatic rings. The summed E-state index contributed by atoms with van der Waals surface area (Å²) in [4.78, 5) is 16.0. The number of carbonyl (C=O) groups is 1. The van der Waals surface area contributed by atoms with Crippen molar-refractivity contribution in [1.82, 2.24) is 4.98 Å². The smallest absolute Gasteiger partial charge is 0.141 e. The van der Waals surface area contributed by atoms with Crippen molar-refractivity contribution in [3.05, 3.63) is 30.1 Å². The van der Waals surface area contributed by atoms with Crippen LogP contribution in [0.15, 0.2) is 24.4 Å². The highest BCUT2D eigenvalue weighted by Crippen LogP contribution is 2.24. The largest absolute Gasteiger partial charge is 0.299 e. The lowest BCUT2D eigenvalue weighted by Gasteiger charge is -2.17. The van der Waals surface area contributed by atoms with Crippen molar-refractivity contribution in [3.8, 4) is 0 Å². The van der Waals surface area contributed by atoms with Crippen molar-refractivity contribution in [2.24, 2.45) is 5.92 Å². The zero-order valence-electron chi connectivity index (χ0n) is 9.03. The van der Waals surface area contributed by atoms with Gasteiger partial charge in [0.1, 0.15) is 5.78 Å². The summed E-state index contributed by atoms with van der Waals surface area (Å²) in [6, 6.07) is 5.73. The van der Waals surface area contributed by atoms with E-state index in [1.165, 1.54) is 0 Å². The molecule has 0 aromatic carbocycles. The number of carbonyl (C=O) groups excluding carboxylic acids is 1. The summed E-state index contributed by atoms with van der Waals surface area (Å²) in [5.74, 6) is 0.553. The van der Waals surface area contributed by atoms with E-state index >= 15 is 0 Å². The first-order chi connectivity index (χ1) is 6.66. The fourth-order valence-electron chi connectivity index (χ4n) is 1.66. The molecule has 0 aliphatic carbocycles. The van der Waals surface area contributed by atoms with Crippen LogP contribution in [0, 0.1) is 5.92 Å². The standard InChI is InChI=1S/C12H17NO/c1-4-11(14)12(9(2)3)10-7-5-6-8-13-10/h5-9,12H,4H2,1-3H3. The zero-order chi connectivity index (χ0) is 10.6. The topological polar surface area (TPSA) is 30.0 Å². The first-order valence-corrected chi connectivity index (χ1v) is 5.10. The highest BCUT2D eigenvalue weighted by Gasteiger charge is 2.23. The molecule has 0 saturated carbocycles. The van der Waals surface area contributed by atoms with Crippen molar-refractivity contribution >= 4 is 5.78 Å². The molecule has 0 bridgehead atoms. The van der Waals surface area contributed by atoms with E-state index in [0.717, 1.165) is 5.69 Å². The van der Waals surface area contributed by atoms with Gasteiger partial charge in [-0.25, -0.2) is 0 Å². The molecule has 0 fully saturated rings. The Morgan fingerprint density at radius 3 is 2.57 bits per heavy atom. The number of nitrogens with zero attached hydrogens (tertiary/aromatic N) is 1. The number of hydrogen-bond acceptors (Lipinski definition) is 2. The molecule has 0 radical (unpaired) electrons. The number of Topliss-reactive ketones (excluding diaryl/α,β-unsaturated/α-hetero) is 1. The van der Waals surface area contributed by atoms with Crippen LogP contribution in [0.4, 0.5) is 0 Å². The second-order valence-electron chi connectivity index (χ2n) is 3.80. The van der Waals surface area contributed by atoms with Crippen LogP contribution < -0.4 is 0 Å². The summed E-state index contributed by atoms with van der Waals surface area (Å²) >= 11 is 0. The van der Waals surface area contributed by atoms with Gasteiger partial charge in [-0.15, -0.1) is 0 Å². The van der Waals surface area contributed by atoms with Crippen LogP contribution in [0.1, 0.15) is 38.8 Å². The average molecular weight is 191 g/mol. The predicted molar refractivity (Wildman–Crippen MR) is 57.1 cm³/mol. The molecule has 1 aromatic heterocycles. The Kier molecular flexibility index (Phi) is 3.81.